The number of hydrogen-bond donors (Lipinski definition) is 3. The lowest BCUT2D eigenvalue weighted by Crippen LogP contribution is -2.59. The van der Waals surface area contributed by atoms with Crippen molar-refractivity contribution >= 4 is 6.03 Å². The number of aliphatic hydroxyl groups excluding tert-OH is 2. The number of carbonyl (C=O) groups is 1. The summed E-state index contributed by atoms with van der Waals surface area (Å²) in [6.07, 6.45) is 8.01. The first-order valence-corrected chi connectivity index (χ1v) is 17.8. The third-order valence-electron chi connectivity index (χ3n) is 15.2. The van der Waals surface area contributed by atoms with Crippen molar-refractivity contribution in [2.45, 2.75) is 137 Å². The van der Waals surface area contributed by atoms with E-state index in [1.165, 1.54) is 19.3 Å². The quantitative estimate of drug-likeness (QED) is 0.345. The Morgan fingerprint density at radius 2 is 1.68 bits per heavy atom. The summed E-state index contributed by atoms with van der Waals surface area (Å²) in [6, 6.07) is 10.2. The van der Waals surface area contributed by atoms with Crippen molar-refractivity contribution in [3.63, 3.8) is 0 Å². The van der Waals surface area contributed by atoms with Gasteiger partial charge >= 0.3 is 6.03 Å². The van der Waals surface area contributed by atoms with E-state index in [-0.39, 0.29) is 46.6 Å². The molecule has 6 nitrogen and oxygen atoms in total. The maximum Gasteiger partial charge on any atom is 0.317 e. The Morgan fingerprint density at radius 3 is 2.39 bits per heavy atom. The van der Waals surface area contributed by atoms with Crippen LogP contribution in [0.2, 0.25) is 0 Å². The van der Waals surface area contributed by atoms with Crippen LogP contribution in [-0.4, -0.2) is 58.1 Å². The molecule has 3 N–H and O–H groups in total. The molecule has 5 aliphatic carbocycles. The number of hydrogen-bond acceptors (Lipinski definition) is 4. The topological polar surface area (TPSA) is 82.0 Å². The van der Waals surface area contributed by atoms with Crippen molar-refractivity contribution in [1.29, 1.82) is 0 Å². The summed E-state index contributed by atoms with van der Waals surface area (Å²) in [5.74, 6) is 1.81. The van der Waals surface area contributed by atoms with E-state index in [9.17, 15) is 15.0 Å². The first kappa shape index (κ1) is 31.0. The number of ether oxygens (including phenoxy) is 1. The molecule has 0 aromatic heterocycles. The van der Waals surface area contributed by atoms with E-state index in [0.29, 0.717) is 47.6 Å². The van der Waals surface area contributed by atoms with E-state index in [1.54, 1.807) is 0 Å². The summed E-state index contributed by atoms with van der Waals surface area (Å²) < 4.78 is 7.01. The van der Waals surface area contributed by atoms with Gasteiger partial charge in [-0.05, 0) is 116 Å². The number of nitrogens with zero attached hydrogens (tertiary/aromatic N) is 1. The Hall–Kier alpha value is -1.63. The molecule has 1 aliphatic heterocycles. The van der Waals surface area contributed by atoms with Crippen molar-refractivity contribution in [2.24, 2.45) is 50.7 Å². The Labute approximate surface area is 265 Å². The third-order valence-corrected chi connectivity index (χ3v) is 15.2. The monoisotopic (exact) mass is 606 g/mol. The van der Waals surface area contributed by atoms with E-state index < -0.39 is 6.10 Å². The van der Waals surface area contributed by atoms with E-state index in [2.05, 4.69) is 52.1 Å². The first-order chi connectivity index (χ1) is 20.7. The molecule has 1 aromatic carbocycles. The van der Waals surface area contributed by atoms with Crippen LogP contribution in [0, 0.1) is 50.7 Å². The zero-order valence-corrected chi connectivity index (χ0v) is 28.3. The van der Waals surface area contributed by atoms with Crippen LogP contribution >= 0.6 is 0 Å². The fraction of sp³-hybridized carbons (Fsp3) is 0.816. The summed E-state index contributed by atoms with van der Waals surface area (Å²) in [5, 5.41) is 26.7. The number of nitrogens with one attached hydrogen (secondary N) is 1. The van der Waals surface area contributed by atoms with Crippen LogP contribution in [0.4, 0.5) is 4.79 Å². The fourth-order valence-corrected chi connectivity index (χ4v) is 13.1. The molecule has 6 fully saturated rings. The van der Waals surface area contributed by atoms with E-state index in [4.69, 9.17) is 4.74 Å². The Bertz CT molecular complexity index is 1270. The van der Waals surface area contributed by atoms with Crippen molar-refractivity contribution in [2.75, 3.05) is 6.54 Å². The maximum absolute atomic E-state index is 13.4. The molecule has 1 saturated heterocycles. The highest BCUT2D eigenvalue weighted by Crippen LogP contribution is 2.89. The molecule has 12 atom stereocenters. The normalized spacial score (nSPS) is 48.3. The lowest BCUT2D eigenvalue weighted by Gasteiger charge is -2.63. The van der Waals surface area contributed by atoms with Crippen LogP contribution in [0.15, 0.2) is 30.3 Å². The Balaban J connectivity index is 1.15. The maximum atomic E-state index is 13.4. The van der Waals surface area contributed by atoms with Crippen LogP contribution in [-0.2, 0) is 11.3 Å². The van der Waals surface area contributed by atoms with Gasteiger partial charge in [-0.15, -0.1) is 0 Å². The predicted octanol–water partition coefficient (Wildman–Crippen LogP) is 6.78. The molecule has 5 saturated carbocycles. The molecule has 0 bridgehead atoms. The second-order valence-corrected chi connectivity index (χ2v) is 17.6. The minimum Gasteiger partial charge on any atom is -0.393 e. The highest BCUT2D eigenvalue weighted by molar-refractivity contribution is 5.74. The van der Waals surface area contributed by atoms with Gasteiger partial charge in [-0.1, -0.05) is 65.0 Å². The summed E-state index contributed by atoms with van der Waals surface area (Å²) in [7, 11) is 0. The molecule has 44 heavy (non-hydrogen) atoms. The first-order valence-electron chi connectivity index (χ1n) is 17.8. The molecular weight excluding hydrogens is 548 g/mol. The van der Waals surface area contributed by atoms with Crippen LogP contribution in [0.3, 0.4) is 0 Å². The molecular formula is C38H58N2O4. The van der Waals surface area contributed by atoms with Gasteiger partial charge < -0.3 is 25.2 Å². The highest BCUT2D eigenvalue weighted by atomic mass is 16.5. The van der Waals surface area contributed by atoms with Crippen molar-refractivity contribution in [1.82, 2.24) is 10.2 Å². The molecule has 3 unspecified atom stereocenters. The average Bonchev–Trinajstić information content (AvgIpc) is 3.60. The van der Waals surface area contributed by atoms with Gasteiger partial charge in [-0.3, -0.25) is 0 Å². The van der Waals surface area contributed by atoms with Gasteiger partial charge in [0.25, 0.3) is 0 Å². The smallest absolute Gasteiger partial charge is 0.317 e. The van der Waals surface area contributed by atoms with Crippen LogP contribution in [0.5, 0.6) is 0 Å². The predicted molar refractivity (Wildman–Crippen MR) is 173 cm³/mol. The SMILES string of the molecule is CC(C)NC(=O)N(Cc1ccccc1)CC1C[C@@H](C)[C@H]2C(O1)[C@H](O)[C@@]1(C)C3CC[C@H]4C(C)(C)[C@@H](O)CC[C@@]45C[C@@]35CC[C@]21C. The summed E-state index contributed by atoms with van der Waals surface area (Å²) in [6.45, 7) is 17.0. The lowest BCUT2D eigenvalue weighted by atomic mass is 9.41. The zero-order valence-electron chi connectivity index (χ0n) is 28.3. The summed E-state index contributed by atoms with van der Waals surface area (Å²) >= 11 is 0. The fourth-order valence-electron chi connectivity index (χ4n) is 13.1. The molecule has 2 amide bonds. The van der Waals surface area contributed by atoms with Gasteiger partial charge in [-0.25, -0.2) is 4.79 Å². The number of benzene rings is 1. The average molecular weight is 607 g/mol. The van der Waals surface area contributed by atoms with Gasteiger partial charge in [0, 0.05) is 24.5 Å². The number of fused-ring (bicyclic) bond motifs is 4. The molecule has 6 aliphatic rings. The molecule has 0 radical (unpaired) electrons. The molecule has 2 spiro atoms. The second-order valence-electron chi connectivity index (χ2n) is 17.6. The number of carbonyl (C=O) groups excluding carboxylic acids is 1. The zero-order chi connectivity index (χ0) is 31.4. The summed E-state index contributed by atoms with van der Waals surface area (Å²) in [5.41, 5.74) is 1.55. The second kappa shape index (κ2) is 10.2. The minimum atomic E-state index is -0.506. The van der Waals surface area contributed by atoms with Crippen LogP contribution in [0.1, 0.15) is 105 Å². The van der Waals surface area contributed by atoms with Crippen LogP contribution < -0.4 is 5.32 Å². The van der Waals surface area contributed by atoms with Crippen molar-refractivity contribution in [3.05, 3.63) is 35.9 Å². The standard InChI is InChI=1S/C38H58N2O4/c1-23(2)39-33(43)40(20-25-11-9-8-10-12-25)21-26-19-24(3)30-31(44-26)32(42)36(7)28-14-13-27-34(4,5)29(41)15-16-37(27)22-38(28,37)18-17-35(30,36)6/h8-12,23-24,26-32,41-42H,13-22H2,1-7H3,(H,39,43)/t24-,26?,27+,28?,29+,30+,31?,32+,35-,36-,37-,38+/m1/s1. The Kier molecular flexibility index (Phi) is 7.17. The van der Waals surface area contributed by atoms with Gasteiger partial charge in [0.15, 0.2) is 0 Å². The number of amides is 2. The van der Waals surface area contributed by atoms with E-state index >= 15 is 0 Å². The van der Waals surface area contributed by atoms with Gasteiger partial charge in [0.1, 0.15) is 0 Å². The molecule has 1 aromatic rings. The largest absolute Gasteiger partial charge is 0.393 e. The minimum absolute atomic E-state index is 0.0243. The lowest BCUT2D eigenvalue weighted by molar-refractivity contribution is -0.182. The number of urea groups is 1. The van der Waals surface area contributed by atoms with E-state index in [0.717, 1.165) is 37.7 Å². The summed E-state index contributed by atoms with van der Waals surface area (Å²) in [4.78, 5) is 15.3. The van der Waals surface area contributed by atoms with Gasteiger partial charge in [-0.2, -0.15) is 0 Å². The van der Waals surface area contributed by atoms with E-state index in [1.807, 2.05) is 36.9 Å². The molecule has 6 heteroatoms. The van der Waals surface area contributed by atoms with Crippen LogP contribution in [0.25, 0.3) is 0 Å². The molecule has 7 rings (SSSR count). The molecule has 244 valence electrons. The number of rotatable bonds is 5. The van der Waals surface area contributed by atoms with Gasteiger partial charge in [0.2, 0.25) is 0 Å². The Morgan fingerprint density at radius 1 is 1.00 bits per heavy atom. The number of aliphatic hydroxyl groups is 2. The molecule has 1 heterocycles. The van der Waals surface area contributed by atoms with Gasteiger partial charge in [0.05, 0.1) is 24.4 Å². The van der Waals surface area contributed by atoms with Crippen molar-refractivity contribution in [3.8, 4) is 0 Å². The highest BCUT2D eigenvalue weighted by Gasteiger charge is 2.84. The van der Waals surface area contributed by atoms with Crippen molar-refractivity contribution < 1.29 is 19.7 Å². The third kappa shape index (κ3) is 4.05.